The number of nitrogens with one attached hydrogen (secondary N) is 1. The van der Waals surface area contributed by atoms with Gasteiger partial charge >= 0.3 is 0 Å². The lowest BCUT2D eigenvalue weighted by atomic mass is 10.3. The predicted octanol–water partition coefficient (Wildman–Crippen LogP) is 0.484. The molecule has 1 N–H and O–H groups in total. The van der Waals surface area contributed by atoms with Crippen LogP contribution in [0.3, 0.4) is 0 Å². The molecule has 0 aromatic carbocycles. The fraction of sp³-hybridized carbons (Fsp3) is 0.429. The predicted molar refractivity (Wildman–Crippen MR) is 78.6 cm³/mol. The second kappa shape index (κ2) is 7.21. The maximum Gasteiger partial charge on any atom is 0.288 e. The smallest absolute Gasteiger partial charge is 0.288 e. The van der Waals surface area contributed by atoms with E-state index in [1.54, 1.807) is 0 Å². The second-order valence-electron chi connectivity index (χ2n) is 4.81. The summed E-state index contributed by atoms with van der Waals surface area (Å²) in [4.78, 5) is 35.6. The zero-order chi connectivity index (χ0) is 15.2. The van der Waals surface area contributed by atoms with E-state index in [0.29, 0.717) is 19.5 Å². The van der Waals surface area contributed by atoms with Crippen molar-refractivity contribution in [2.45, 2.75) is 19.9 Å². The molecule has 1 aliphatic rings. The first-order chi connectivity index (χ1) is 10.1. The normalized spacial score (nSPS) is 14.6. The molecular formula is C14H18N3O3S+. The lowest BCUT2D eigenvalue weighted by molar-refractivity contribution is -0.695. The molecule has 0 bridgehead atoms. The average Bonchev–Trinajstić information content (AvgIpc) is 2.78. The Labute approximate surface area is 127 Å². The highest BCUT2D eigenvalue weighted by molar-refractivity contribution is 8.14. The first-order valence-corrected chi connectivity index (χ1v) is 7.74. The molecule has 2 heterocycles. The third kappa shape index (κ3) is 4.56. The molecule has 6 nitrogen and oxygen atoms in total. The zero-order valence-electron chi connectivity index (χ0n) is 11.9. The van der Waals surface area contributed by atoms with Crippen LogP contribution in [0.25, 0.3) is 0 Å². The number of hydrogen-bond acceptors (Lipinski definition) is 4. The molecule has 112 valence electrons. The summed E-state index contributed by atoms with van der Waals surface area (Å²) in [5, 5.41) is 2.49. The van der Waals surface area contributed by atoms with Gasteiger partial charge in [0.1, 0.15) is 0 Å². The van der Waals surface area contributed by atoms with Gasteiger partial charge in [0.2, 0.25) is 11.8 Å². The van der Waals surface area contributed by atoms with Gasteiger partial charge in [-0.05, 0) is 12.5 Å². The summed E-state index contributed by atoms with van der Waals surface area (Å²) in [6.45, 7) is 3.16. The topological polar surface area (TPSA) is 70.4 Å². The average molecular weight is 308 g/mol. The van der Waals surface area contributed by atoms with Crippen molar-refractivity contribution in [2.75, 3.05) is 18.8 Å². The van der Waals surface area contributed by atoms with E-state index in [9.17, 15) is 14.4 Å². The van der Waals surface area contributed by atoms with Crippen molar-refractivity contribution >= 4 is 28.8 Å². The minimum atomic E-state index is -0.232. The number of pyridine rings is 1. The Kier molecular flexibility index (Phi) is 5.32. The van der Waals surface area contributed by atoms with E-state index >= 15 is 0 Å². The van der Waals surface area contributed by atoms with Crippen LogP contribution in [0.15, 0.2) is 24.5 Å². The molecule has 7 heteroatoms. The van der Waals surface area contributed by atoms with Gasteiger partial charge in [-0.2, -0.15) is 0 Å². The number of carbonyl (C=O) groups excluding carboxylic acids is 3. The molecule has 2 rings (SSSR count). The molecule has 1 aromatic heterocycles. The highest BCUT2D eigenvalue weighted by Crippen LogP contribution is 2.17. The second-order valence-corrected chi connectivity index (χ2v) is 5.74. The number of hydrogen-bond donors (Lipinski definition) is 1. The number of amides is 3. The SMILES string of the molecule is Cc1cc[n+](CCC(=O)NCCN2C(=O)CSC2=O)cc1. The Hall–Kier alpha value is -1.89. The van der Waals surface area contributed by atoms with Gasteiger partial charge in [0, 0.05) is 25.2 Å². The number of carbonyl (C=O) groups is 3. The van der Waals surface area contributed by atoms with Crippen molar-refractivity contribution in [3.05, 3.63) is 30.1 Å². The summed E-state index contributed by atoms with van der Waals surface area (Å²) in [5.41, 5.74) is 1.17. The van der Waals surface area contributed by atoms with E-state index in [0.717, 1.165) is 11.8 Å². The fourth-order valence-electron chi connectivity index (χ4n) is 1.90. The van der Waals surface area contributed by atoms with E-state index in [4.69, 9.17) is 0 Å². The van der Waals surface area contributed by atoms with Crippen molar-refractivity contribution < 1.29 is 19.0 Å². The van der Waals surface area contributed by atoms with Crippen LogP contribution in [0.4, 0.5) is 4.79 Å². The molecule has 0 spiro atoms. The molecule has 1 fully saturated rings. The summed E-state index contributed by atoms with van der Waals surface area (Å²) in [6, 6.07) is 3.97. The lowest BCUT2D eigenvalue weighted by Crippen LogP contribution is -2.39. The van der Waals surface area contributed by atoms with E-state index in [1.165, 1.54) is 10.5 Å². The molecule has 1 aromatic rings. The monoisotopic (exact) mass is 308 g/mol. The fourth-order valence-corrected chi connectivity index (χ4v) is 2.66. The van der Waals surface area contributed by atoms with Crippen LogP contribution in [0.1, 0.15) is 12.0 Å². The van der Waals surface area contributed by atoms with Gasteiger partial charge in [-0.1, -0.05) is 11.8 Å². The maximum absolute atomic E-state index is 11.7. The summed E-state index contributed by atoms with van der Waals surface area (Å²) in [6.07, 6.45) is 4.23. The Morgan fingerprint density at radius 3 is 2.71 bits per heavy atom. The summed E-state index contributed by atoms with van der Waals surface area (Å²) in [7, 11) is 0. The Morgan fingerprint density at radius 1 is 1.38 bits per heavy atom. The molecule has 3 amide bonds. The minimum Gasteiger partial charge on any atom is -0.354 e. The van der Waals surface area contributed by atoms with Gasteiger partial charge < -0.3 is 5.32 Å². The number of aryl methyl sites for hydroxylation is 2. The molecule has 0 atom stereocenters. The van der Waals surface area contributed by atoms with Crippen LogP contribution in [0.2, 0.25) is 0 Å². The van der Waals surface area contributed by atoms with Gasteiger partial charge in [0.05, 0.1) is 12.2 Å². The Morgan fingerprint density at radius 2 is 2.10 bits per heavy atom. The largest absolute Gasteiger partial charge is 0.354 e. The molecule has 0 unspecified atom stereocenters. The van der Waals surface area contributed by atoms with E-state index < -0.39 is 0 Å². The number of rotatable bonds is 6. The van der Waals surface area contributed by atoms with Crippen LogP contribution in [0, 0.1) is 6.92 Å². The van der Waals surface area contributed by atoms with Crippen LogP contribution in [0.5, 0.6) is 0 Å². The molecule has 21 heavy (non-hydrogen) atoms. The van der Waals surface area contributed by atoms with Gasteiger partial charge in [0.25, 0.3) is 5.24 Å². The Balaban J connectivity index is 1.67. The summed E-state index contributed by atoms with van der Waals surface area (Å²) < 4.78 is 1.94. The molecule has 0 radical (unpaired) electrons. The highest BCUT2D eigenvalue weighted by atomic mass is 32.2. The number of nitrogens with zero attached hydrogens (tertiary/aromatic N) is 2. The first-order valence-electron chi connectivity index (χ1n) is 6.76. The van der Waals surface area contributed by atoms with Gasteiger partial charge in [-0.3, -0.25) is 19.3 Å². The van der Waals surface area contributed by atoms with E-state index in [-0.39, 0.29) is 29.4 Å². The maximum atomic E-state index is 11.7. The summed E-state index contributed by atoms with van der Waals surface area (Å²) >= 11 is 1.00. The van der Waals surface area contributed by atoms with Crippen LogP contribution in [-0.2, 0) is 16.1 Å². The van der Waals surface area contributed by atoms with Crippen molar-refractivity contribution in [1.29, 1.82) is 0 Å². The van der Waals surface area contributed by atoms with Gasteiger partial charge in [0.15, 0.2) is 18.9 Å². The van der Waals surface area contributed by atoms with Crippen molar-refractivity contribution in [1.82, 2.24) is 10.2 Å². The molecule has 1 aliphatic heterocycles. The van der Waals surface area contributed by atoms with Crippen molar-refractivity contribution in [2.24, 2.45) is 0 Å². The number of imide groups is 1. The summed E-state index contributed by atoms with van der Waals surface area (Å²) in [5.74, 6) is -0.0686. The standard InChI is InChI=1S/C14H17N3O3S/c1-11-2-6-16(7-3-11)8-4-12(18)15-5-9-17-13(19)10-21-14(17)20/h2-3,6-7H,4-5,8-10H2,1H3/p+1. The number of aromatic nitrogens is 1. The lowest BCUT2D eigenvalue weighted by Gasteiger charge is -2.12. The van der Waals surface area contributed by atoms with Crippen molar-refractivity contribution in [3.63, 3.8) is 0 Å². The molecule has 0 aliphatic carbocycles. The van der Waals surface area contributed by atoms with Crippen molar-refractivity contribution in [3.8, 4) is 0 Å². The van der Waals surface area contributed by atoms with Gasteiger partial charge in [-0.25, -0.2) is 4.57 Å². The third-order valence-electron chi connectivity index (χ3n) is 3.15. The van der Waals surface area contributed by atoms with E-state index in [2.05, 4.69) is 5.32 Å². The first kappa shape index (κ1) is 15.5. The molecular weight excluding hydrogens is 290 g/mol. The molecule has 1 saturated heterocycles. The highest BCUT2D eigenvalue weighted by Gasteiger charge is 2.29. The quantitative estimate of drug-likeness (QED) is 0.776. The van der Waals surface area contributed by atoms with Gasteiger partial charge in [-0.15, -0.1) is 0 Å². The van der Waals surface area contributed by atoms with Crippen LogP contribution < -0.4 is 9.88 Å². The number of thioether (sulfide) groups is 1. The zero-order valence-corrected chi connectivity index (χ0v) is 12.7. The molecule has 0 saturated carbocycles. The third-order valence-corrected chi connectivity index (χ3v) is 4.01. The van der Waals surface area contributed by atoms with Crippen LogP contribution >= 0.6 is 11.8 Å². The minimum absolute atomic E-state index is 0.0881. The van der Waals surface area contributed by atoms with Crippen LogP contribution in [-0.4, -0.2) is 40.8 Å². The van der Waals surface area contributed by atoms with E-state index in [1.807, 2.05) is 36.0 Å². The Bertz CT molecular complexity index is 529.